The summed E-state index contributed by atoms with van der Waals surface area (Å²) >= 11 is 0. The second-order valence-corrected chi connectivity index (χ2v) is 7.51. The SMILES string of the molecule is O=C(N[C@H]1COC[C@H]1Cc1ccnc2ccccc12)c1conc1-c1ccccc1. The van der Waals surface area contributed by atoms with Gasteiger partial charge in [0, 0.05) is 23.1 Å². The zero-order chi connectivity index (χ0) is 20.3. The fraction of sp³-hybridized carbons (Fsp3) is 0.208. The summed E-state index contributed by atoms with van der Waals surface area (Å²) in [5.74, 6) is -0.0185. The van der Waals surface area contributed by atoms with Gasteiger partial charge >= 0.3 is 0 Å². The molecule has 3 heterocycles. The first kappa shape index (κ1) is 18.5. The van der Waals surface area contributed by atoms with Crippen molar-refractivity contribution < 1.29 is 14.1 Å². The van der Waals surface area contributed by atoms with Gasteiger partial charge in [0.15, 0.2) is 0 Å². The number of hydrogen-bond donors (Lipinski definition) is 1. The minimum absolute atomic E-state index is 0.0806. The lowest BCUT2D eigenvalue weighted by molar-refractivity contribution is 0.0925. The lowest BCUT2D eigenvalue weighted by Crippen LogP contribution is -2.40. The molecule has 1 saturated heterocycles. The maximum absolute atomic E-state index is 13.0. The van der Waals surface area contributed by atoms with Crippen molar-refractivity contribution in [3.05, 3.63) is 84.3 Å². The Bertz CT molecular complexity index is 1170. The van der Waals surface area contributed by atoms with Crippen molar-refractivity contribution in [2.45, 2.75) is 12.5 Å². The number of fused-ring (bicyclic) bond motifs is 1. The summed E-state index contributed by atoms with van der Waals surface area (Å²) in [6.45, 7) is 1.10. The number of ether oxygens (including phenoxy) is 1. The minimum Gasteiger partial charge on any atom is -0.379 e. The third-order valence-electron chi connectivity index (χ3n) is 5.60. The van der Waals surface area contributed by atoms with Gasteiger partial charge in [-0.05, 0) is 24.1 Å². The van der Waals surface area contributed by atoms with Crippen LogP contribution in [0.1, 0.15) is 15.9 Å². The third-order valence-corrected chi connectivity index (χ3v) is 5.60. The van der Waals surface area contributed by atoms with Crippen molar-refractivity contribution in [3.8, 4) is 11.3 Å². The predicted octanol–water partition coefficient (Wildman–Crippen LogP) is 3.88. The number of amides is 1. The zero-order valence-corrected chi connectivity index (χ0v) is 16.3. The van der Waals surface area contributed by atoms with Gasteiger partial charge < -0.3 is 14.6 Å². The molecule has 0 aliphatic carbocycles. The maximum atomic E-state index is 13.0. The minimum atomic E-state index is -0.199. The van der Waals surface area contributed by atoms with Crippen LogP contribution in [0.5, 0.6) is 0 Å². The van der Waals surface area contributed by atoms with E-state index in [0.717, 1.165) is 22.9 Å². The average molecular weight is 399 g/mol. The molecule has 1 amide bonds. The van der Waals surface area contributed by atoms with Gasteiger partial charge in [0.05, 0.1) is 24.8 Å². The van der Waals surface area contributed by atoms with Gasteiger partial charge in [0.1, 0.15) is 17.5 Å². The van der Waals surface area contributed by atoms with E-state index in [4.69, 9.17) is 9.26 Å². The molecule has 1 N–H and O–H groups in total. The molecular weight excluding hydrogens is 378 g/mol. The molecular formula is C24H21N3O3. The molecule has 0 spiro atoms. The van der Waals surface area contributed by atoms with E-state index in [-0.39, 0.29) is 17.9 Å². The molecule has 150 valence electrons. The molecule has 1 aliphatic rings. The predicted molar refractivity (Wildman–Crippen MR) is 113 cm³/mol. The van der Waals surface area contributed by atoms with Crippen LogP contribution in [0.15, 0.2) is 77.6 Å². The summed E-state index contributed by atoms with van der Waals surface area (Å²) in [4.78, 5) is 17.4. The van der Waals surface area contributed by atoms with E-state index in [1.54, 1.807) is 0 Å². The van der Waals surface area contributed by atoms with Crippen molar-refractivity contribution in [3.63, 3.8) is 0 Å². The number of carbonyl (C=O) groups is 1. The first-order chi connectivity index (χ1) is 14.8. The molecule has 4 aromatic rings. The highest BCUT2D eigenvalue weighted by Crippen LogP contribution is 2.26. The fourth-order valence-corrected chi connectivity index (χ4v) is 4.02. The van der Waals surface area contributed by atoms with Crippen LogP contribution in [0.4, 0.5) is 0 Å². The van der Waals surface area contributed by atoms with E-state index in [1.165, 1.54) is 11.8 Å². The third kappa shape index (κ3) is 3.57. The lowest BCUT2D eigenvalue weighted by Gasteiger charge is -2.19. The Morgan fingerprint density at radius 2 is 1.87 bits per heavy atom. The summed E-state index contributed by atoms with van der Waals surface area (Å²) in [6.07, 6.45) is 4.05. The first-order valence-electron chi connectivity index (χ1n) is 10.0. The van der Waals surface area contributed by atoms with Crippen molar-refractivity contribution in [1.82, 2.24) is 15.5 Å². The first-order valence-corrected chi connectivity index (χ1v) is 10.0. The monoisotopic (exact) mass is 399 g/mol. The standard InChI is InChI=1S/C24H21N3O3/c28-24(20-14-30-27-23(20)16-6-2-1-3-7-16)26-22-15-29-13-18(22)12-17-10-11-25-21-9-5-4-8-19(17)21/h1-11,14,18,22H,12-13,15H2,(H,26,28)/t18-,22+/m1/s1. The normalized spacial score (nSPS) is 18.5. The van der Waals surface area contributed by atoms with E-state index < -0.39 is 0 Å². The van der Waals surface area contributed by atoms with Crippen LogP contribution in [-0.4, -0.2) is 35.3 Å². The number of aromatic nitrogens is 2. The maximum Gasteiger partial charge on any atom is 0.257 e. The van der Waals surface area contributed by atoms with Crippen molar-refractivity contribution >= 4 is 16.8 Å². The van der Waals surface area contributed by atoms with Crippen LogP contribution in [-0.2, 0) is 11.2 Å². The second kappa shape index (κ2) is 8.08. The van der Waals surface area contributed by atoms with E-state index in [9.17, 15) is 4.79 Å². The number of rotatable bonds is 5. The quantitative estimate of drug-likeness (QED) is 0.551. The van der Waals surface area contributed by atoms with Gasteiger partial charge in [0.2, 0.25) is 0 Å². The van der Waals surface area contributed by atoms with E-state index in [2.05, 4.69) is 21.5 Å². The molecule has 0 radical (unpaired) electrons. The summed E-state index contributed by atoms with van der Waals surface area (Å²) in [5, 5.41) is 8.30. The molecule has 0 bridgehead atoms. The Kier molecular flexibility index (Phi) is 4.99. The van der Waals surface area contributed by atoms with Crippen molar-refractivity contribution in [2.75, 3.05) is 13.2 Å². The second-order valence-electron chi connectivity index (χ2n) is 7.51. The molecule has 30 heavy (non-hydrogen) atoms. The molecule has 2 aromatic heterocycles. The number of pyridine rings is 1. The van der Waals surface area contributed by atoms with E-state index in [1.807, 2.05) is 60.8 Å². The van der Waals surface area contributed by atoms with Crippen LogP contribution in [0.3, 0.4) is 0 Å². The van der Waals surface area contributed by atoms with Crippen LogP contribution in [0, 0.1) is 5.92 Å². The average Bonchev–Trinajstić information content (AvgIpc) is 3.45. The molecule has 2 aromatic carbocycles. The highest BCUT2D eigenvalue weighted by Gasteiger charge is 2.31. The van der Waals surface area contributed by atoms with Crippen molar-refractivity contribution in [1.29, 1.82) is 0 Å². The molecule has 1 fully saturated rings. The molecule has 5 rings (SSSR count). The van der Waals surface area contributed by atoms with Crippen LogP contribution in [0.2, 0.25) is 0 Å². The zero-order valence-electron chi connectivity index (χ0n) is 16.3. The summed E-state index contributed by atoms with van der Waals surface area (Å²) < 4.78 is 10.8. The van der Waals surface area contributed by atoms with Crippen LogP contribution >= 0.6 is 0 Å². The fourth-order valence-electron chi connectivity index (χ4n) is 4.02. The van der Waals surface area contributed by atoms with E-state index in [0.29, 0.717) is 24.5 Å². The Labute approximate surface area is 173 Å². The number of benzene rings is 2. The highest BCUT2D eigenvalue weighted by atomic mass is 16.5. The molecule has 6 heteroatoms. The Morgan fingerprint density at radius 1 is 1.03 bits per heavy atom. The van der Waals surface area contributed by atoms with Gasteiger partial charge in [-0.15, -0.1) is 0 Å². The highest BCUT2D eigenvalue weighted by molar-refractivity contribution is 5.99. The summed E-state index contributed by atoms with van der Waals surface area (Å²) in [7, 11) is 0. The number of nitrogens with one attached hydrogen (secondary N) is 1. The summed E-state index contributed by atoms with van der Waals surface area (Å²) in [5.41, 5.74) is 4.01. The molecule has 6 nitrogen and oxygen atoms in total. The molecule has 0 saturated carbocycles. The van der Waals surface area contributed by atoms with Crippen molar-refractivity contribution in [2.24, 2.45) is 5.92 Å². The number of nitrogens with zero attached hydrogens (tertiary/aromatic N) is 2. The number of carbonyl (C=O) groups excluding carboxylic acids is 1. The van der Waals surface area contributed by atoms with Gasteiger partial charge in [-0.1, -0.05) is 53.7 Å². The number of hydrogen-bond acceptors (Lipinski definition) is 5. The smallest absolute Gasteiger partial charge is 0.257 e. The molecule has 1 aliphatic heterocycles. The largest absolute Gasteiger partial charge is 0.379 e. The van der Waals surface area contributed by atoms with Gasteiger partial charge in [-0.25, -0.2) is 0 Å². The van der Waals surface area contributed by atoms with E-state index >= 15 is 0 Å². The molecule has 0 unspecified atom stereocenters. The Balaban J connectivity index is 1.34. The Hall–Kier alpha value is -3.51. The van der Waals surface area contributed by atoms with Crippen LogP contribution in [0.25, 0.3) is 22.2 Å². The van der Waals surface area contributed by atoms with Gasteiger partial charge in [0.25, 0.3) is 5.91 Å². The Morgan fingerprint density at radius 3 is 2.77 bits per heavy atom. The van der Waals surface area contributed by atoms with Crippen LogP contribution < -0.4 is 5.32 Å². The lowest BCUT2D eigenvalue weighted by atomic mass is 9.93. The summed E-state index contributed by atoms with van der Waals surface area (Å²) in [6, 6.07) is 19.6. The molecule has 2 atom stereocenters. The van der Waals surface area contributed by atoms with Gasteiger partial charge in [-0.2, -0.15) is 0 Å². The number of para-hydroxylation sites is 1. The topological polar surface area (TPSA) is 77.2 Å². The van der Waals surface area contributed by atoms with Gasteiger partial charge in [-0.3, -0.25) is 9.78 Å².